The summed E-state index contributed by atoms with van der Waals surface area (Å²) >= 11 is 0. The minimum absolute atomic E-state index is 0.937. The summed E-state index contributed by atoms with van der Waals surface area (Å²) in [6.45, 7) is 5.39. The first-order valence-corrected chi connectivity index (χ1v) is 8.94. The number of hydrogen-bond acceptors (Lipinski definition) is 1. The summed E-state index contributed by atoms with van der Waals surface area (Å²) in [6, 6.07) is 0. The van der Waals surface area contributed by atoms with Crippen LogP contribution in [0.4, 0.5) is 0 Å². The highest BCUT2D eigenvalue weighted by Gasteiger charge is 2.05. The molecule has 0 amide bonds. The lowest BCUT2D eigenvalue weighted by Gasteiger charge is -2.23. The summed E-state index contributed by atoms with van der Waals surface area (Å²) in [6.07, 6.45) is 15.2. The largest absolute Gasteiger partial charge is 0.381 e. The van der Waals surface area contributed by atoms with Crippen molar-refractivity contribution in [3.8, 4) is 0 Å². The highest BCUT2D eigenvalue weighted by molar-refractivity contribution is 4.47. The smallest absolute Gasteiger partial charge is 0.0802 e. The van der Waals surface area contributed by atoms with E-state index in [2.05, 4.69) is 28.1 Å². The van der Waals surface area contributed by atoms with Crippen LogP contribution in [0.3, 0.4) is 0 Å². The Morgan fingerprint density at radius 1 is 0.600 bits per heavy atom. The van der Waals surface area contributed by atoms with E-state index in [-0.39, 0.29) is 0 Å². The topological polar surface area (TPSA) is 9.23 Å². The van der Waals surface area contributed by atoms with Gasteiger partial charge in [0.05, 0.1) is 34.3 Å². The first-order chi connectivity index (χ1) is 9.56. The van der Waals surface area contributed by atoms with Crippen LogP contribution in [0.15, 0.2) is 0 Å². The van der Waals surface area contributed by atoms with Crippen LogP contribution in [0.5, 0.6) is 0 Å². The molecule has 0 bridgehead atoms. The molecule has 0 aromatic carbocycles. The zero-order chi connectivity index (χ0) is 15.1. The van der Waals surface area contributed by atoms with Crippen molar-refractivity contribution in [3.63, 3.8) is 0 Å². The van der Waals surface area contributed by atoms with Crippen molar-refractivity contribution in [2.45, 2.75) is 77.6 Å². The molecular weight excluding hydrogens is 246 g/mol. The Bertz CT molecular complexity index is 186. The van der Waals surface area contributed by atoms with Crippen molar-refractivity contribution >= 4 is 0 Å². The molecule has 0 spiro atoms. The first kappa shape index (κ1) is 19.9. The van der Waals surface area contributed by atoms with Gasteiger partial charge in [-0.15, -0.1) is 0 Å². The second-order valence-electron chi connectivity index (χ2n) is 7.16. The summed E-state index contributed by atoms with van der Waals surface area (Å²) in [7, 11) is 6.72. The van der Waals surface area contributed by atoms with Crippen LogP contribution in [0.1, 0.15) is 77.6 Å². The Hall–Kier alpha value is -0.0800. The molecule has 0 saturated heterocycles. The zero-order valence-corrected chi connectivity index (χ0v) is 14.8. The van der Waals surface area contributed by atoms with Gasteiger partial charge in [-0.25, -0.2) is 0 Å². The van der Waals surface area contributed by atoms with Crippen LogP contribution in [0.25, 0.3) is 0 Å². The van der Waals surface area contributed by atoms with E-state index in [1.165, 1.54) is 77.2 Å². The molecule has 0 aliphatic rings. The summed E-state index contributed by atoms with van der Waals surface area (Å²) in [5.74, 6) is 0. The molecule has 0 radical (unpaired) electrons. The fraction of sp³-hybridized carbons (Fsp3) is 1.00. The molecule has 0 aliphatic carbocycles. The van der Waals surface area contributed by atoms with Gasteiger partial charge in [0, 0.05) is 13.0 Å². The summed E-state index contributed by atoms with van der Waals surface area (Å²) in [5, 5.41) is 0. The summed E-state index contributed by atoms with van der Waals surface area (Å²) < 4.78 is 6.73. The molecule has 20 heavy (non-hydrogen) atoms. The van der Waals surface area contributed by atoms with Gasteiger partial charge in [0.2, 0.25) is 0 Å². The monoisotopic (exact) mass is 286 g/mol. The first-order valence-electron chi connectivity index (χ1n) is 8.94. The predicted octanol–water partition coefficient (Wildman–Crippen LogP) is 5.02. The van der Waals surface area contributed by atoms with Crippen molar-refractivity contribution in [2.24, 2.45) is 0 Å². The van der Waals surface area contributed by atoms with Gasteiger partial charge in [0.1, 0.15) is 0 Å². The zero-order valence-electron chi connectivity index (χ0n) is 14.8. The molecule has 0 rings (SSSR count). The number of nitrogens with zero attached hydrogens (tertiary/aromatic N) is 1. The molecule has 0 fully saturated rings. The Balaban J connectivity index is 2.99. The van der Waals surface area contributed by atoms with Crippen molar-refractivity contribution in [1.82, 2.24) is 0 Å². The van der Waals surface area contributed by atoms with Gasteiger partial charge < -0.3 is 9.22 Å². The number of rotatable bonds is 15. The van der Waals surface area contributed by atoms with Crippen LogP contribution in [-0.4, -0.2) is 45.4 Å². The molecule has 0 N–H and O–H groups in total. The average Bonchev–Trinajstić information content (AvgIpc) is 2.38. The maximum absolute atomic E-state index is 5.69. The number of quaternary nitrogens is 1. The standard InChI is InChI=1S/C18H40NO/c1-5-6-7-8-9-10-11-12-13-14-17-20-18-15-16-19(2,3)4/h5-18H2,1-4H3/q+1. The van der Waals surface area contributed by atoms with E-state index >= 15 is 0 Å². The Morgan fingerprint density at radius 2 is 1.05 bits per heavy atom. The Morgan fingerprint density at radius 3 is 1.55 bits per heavy atom. The average molecular weight is 287 g/mol. The highest BCUT2D eigenvalue weighted by Crippen LogP contribution is 2.10. The minimum Gasteiger partial charge on any atom is -0.381 e. The molecule has 0 aliphatic heterocycles. The third-order valence-electron chi connectivity index (χ3n) is 3.76. The van der Waals surface area contributed by atoms with Gasteiger partial charge in [0.15, 0.2) is 0 Å². The second-order valence-corrected chi connectivity index (χ2v) is 7.16. The number of unbranched alkanes of at least 4 members (excludes halogenated alkanes) is 9. The van der Waals surface area contributed by atoms with Crippen LogP contribution in [-0.2, 0) is 4.74 Å². The van der Waals surface area contributed by atoms with Crippen molar-refractivity contribution in [3.05, 3.63) is 0 Å². The summed E-state index contributed by atoms with van der Waals surface area (Å²) in [5.41, 5.74) is 0. The molecular formula is C18H40NO+. The molecule has 122 valence electrons. The van der Waals surface area contributed by atoms with Gasteiger partial charge in [-0.1, -0.05) is 64.7 Å². The number of hydrogen-bond donors (Lipinski definition) is 0. The van der Waals surface area contributed by atoms with E-state index in [1.807, 2.05) is 0 Å². The molecule has 2 nitrogen and oxygen atoms in total. The normalized spacial score (nSPS) is 12.0. The fourth-order valence-corrected chi connectivity index (χ4v) is 2.43. The maximum atomic E-state index is 5.69. The Kier molecular flexibility index (Phi) is 13.8. The third kappa shape index (κ3) is 17.9. The van der Waals surface area contributed by atoms with Gasteiger partial charge >= 0.3 is 0 Å². The lowest BCUT2D eigenvalue weighted by atomic mass is 10.1. The van der Waals surface area contributed by atoms with Crippen LogP contribution >= 0.6 is 0 Å². The van der Waals surface area contributed by atoms with Gasteiger partial charge in [-0.05, 0) is 6.42 Å². The van der Waals surface area contributed by atoms with E-state index in [1.54, 1.807) is 0 Å². The molecule has 0 unspecified atom stereocenters. The SMILES string of the molecule is CCCCCCCCCCCCOCCC[N+](C)(C)C. The molecule has 2 heteroatoms. The third-order valence-corrected chi connectivity index (χ3v) is 3.76. The highest BCUT2D eigenvalue weighted by atomic mass is 16.5. The maximum Gasteiger partial charge on any atom is 0.0802 e. The van der Waals surface area contributed by atoms with Gasteiger partial charge in [-0.2, -0.15) is 0 Å². The van der Waals surface area contributed by atoms with E-state index in [0.717, 1.165) is 17.7 Å². The van der Waals surface area contributed by atoms with Crippen LogP contribution < -0.4 is 0 Å². The second kappa shape index (κ2) is 13.9. The lowest BCUT2D eigenvalue weighted by Crippen LogP contribution is -2.35. The van der Waals surface area contributed by atoms with Crippen LogP contribution in [0.2, 0.25) is 0 Å². The van der Waals surface area contributed by atoms with E-state index in [0.29, 0.717) is 0 Å². The quantitative estimate of drug-likeness (QED) is 0.303. The molecule has 0 atom stereocenters. The summed E-state index contributed by atoms with van der Waals surface area (Å²) in [4.78, 5) is 0. The molecule has 0 heterocycles. The van der Waals surface area contributed by atoms with Crippen molar-refractivity contribution < 1.29 is 9.22 Å². The number of ether oxygens (including phenoxy) is 1. The fourth-order valence-electron chi connectivity index (χ4n) is 2.43. The van der Waals surface area contributed by atoms with E-state index < -0.39 is 0 Å². The molecule has 0 saturated carbocycles. The van der Waals surface area contributed by atoms with E-state index in [9.17, 15) is 0 Å². The molecule has 0 aromatic heterocycles. The Labute approximate surface area is 128 Å². The molecule has 0 aromatic rings. The van der Waals surface area contributed by atoms with Crippen molar-refractivity contribution in [1.29, 1.82) is 0 Å². The lowest BCUT2D eigenvalue weighted by molar-refractivity contribution is -0.870. The predicted molar refractivity (Wildman–Crippen MR) is 90.2 cm³/mol. The van der Waals surface area contributed by atoms with Crippen molar-refractivity contribution in [2.75, 3.05) is 40.9 Å². The minimum atomic E-state index is 0.937. The van der Waals surface area contributed by atoms with Gasteiger partial charge in [-0.3, -0.25) is 0 Å². The van der Waals surface area contributed by atoms with Crippen LogP contribution in [0, 0.1) is 0 Å². The van der Waals surface area contributed by atoms with E-state index in [4.69, 9.17) is 4.74 Å². The van der Waals surface area contributed by atoms with Gasteiger partial charge in [0.25, 0.3) is 0 Å².